The number of hydrogen-bond acceptors (Lipinski definition) is 2. The molecule has 1 N–H and O–H groups in total. The normalized spacial score (nSPS) is 11.7. The van der Waals surface area contributed by atoms with Crippen LogP contribution in [0, 0.1) is 0 Å². The van der Waals surface area contributed by atoms with E-state index in [4.69, 9.17) is 0 Å². The second-order valence-electron chi connectivity index (χ2n) is 3.62. The fraction of sp³-hybridized carbons (Fsp3) is 0.273. The molecule has 17 heavy (non-hydrogen) atoms. The van der Waals surface area contributed by atoms with E-state index < -0.39 is 12.6 Å². The van der Waals surface area contributed by atoms with Gasteiger partial charge >= 0.3 is 6.18 Å². The number of alkyl halides is 3. The van der Waals surface area contributed by atoms with Gasteiger partial charge < -0.3 is 0 Å². The van der Waals surface area contributed by atoms with Gasteiger partial charge in [0.15, 0.2) is 0 Å². The standard InChI is InChI=1S/C11H10F3N3/c12-11(13,14)5-3-9-2-1-8(7-15-9)10-4-6-16-17-10/h1-2,4,6-7H,3,5H2,(H,16,17). The Bertz CT molecular complexity index is 460. The van der Waals surface area contributed by atoms with E-state index in [9.17, 15) is 13.2 Å². The fourth-order valence-corrected chi connectivity index (χ4v) is 1.42. The zero-order valence-corrected chi connectivity index (χ0v) is 8.83. The van der Waals surface area contributed by atoms with E-state index in [2.05, 4.69) is 15.2 Å². The molecular weight excluding hydrogens is 231 g/mol. The minimum Gasteiger partial charge on any atom is -0.278 e. The quantitative estimate of drug-likeness (QED) is 0.897. The van der Waals surface area contributed by atoms with Gasteiger partial charge in [-0.05, 0) is 24.6 Å². The predicted octanol–water partition coefficient (Wildman–Crippen LogP) is 2.97. The van der Waals surface area contributed by atoms with Crippen molar-refractivity contribution in [3.63, 3.8) is 0 Å². The lowest BCUT2D eigenvalue weighted by atomic mass is 10.1. The number of halogens is 3. The van der Waals surface area contributed by atoms with E-state index in [1.165, 1.54) is 0 Å². The Morgan fingerprint density at radius 2 is 2.00 bits per heavy atom. The Hall–Kier alpha value is -1.85. The number of aromatic nitrogens is 3. The third-order valence-electron chi connectivity index (χ3n) is 2.30. The van der Waals surface area contributed by atoms with Crippen LogP contribution in [0.15, 0.2) is 30.6 Å². The van der Waals surface area contributed by atoms with Crippen LogP contribution in [0.25, 0.3) is 11.3 Å². The summed E-state index contributed by atoms with van der Waals surface area (Å²) >= 11 is 0. The number of rotatable bonds is 3. The van der Waals surface area contributed by atoms with Crippen molar-refractivity contribution in [2.75, 3.05) is 0 Å². The first-order valence-electron chi connectivity index (χ1n) is 5.06. The molecule has 2 heterocycles. The molecule has 0 aliphatic heterocycles. The molecule has 0 aliphatic carbocycles. The summed E-state index contributed by atoms with van der Waals surface area (Å²) in [6.07, 6.45) is -1.92. The molecule has 0 fully saturated rings. The first-order chi connectivity index (χ1) is 8.04. The van der Waals surface area contributed by atoms with Gasteiger partial charge in [-0.15, -0.1) is 0 Å². The summed E-state index contributed by atoms with van der Waals surface area (Å²) in [6.45, 7) is 0. The van der Waals surface area contributed by atoms with Crippen molar-refractivity contribution in [1.29, 1.82) is 0 Å². The number of nitrogens with one attached hydrogen (secondary N) is 1. The Kier molecular flexibility index (Phi) is 3.12. The first kappa shape index (κ1) is 11.6. The maximum Gasteiger partial charge on any atom is 0.389 e. The summed E-state index contributed by atoms with van der Waals surface area (Å²) in [5, 5.41) is 6.55. The highest BCUT2D eigenvalue weighted by Gasteiger charge is 2.26. The Labute approximate surface area is 95.7 Å². The van der Waals surface area contributed by atoms with Crippen molar-refractivity contribution in [3.05, 3.63) is 36.3 Å². The summed E-state index contributed by atoms with van der Waals surface area (Å²) in [5.74, 6) is 0. The lowest BCUT2D eigenvalue weighted by Crippen LogP contribution is -2.09. The second-order valence-corrected chi connectivity index (χ2v) is 3.62. The maximum atomic E-state index is 12.0. The third-order valence-corrected chi connectivity index (χ3v) is 2.30. The number of hydrogen-bond donors (Lipinski definition) is 1. The van der Waals surface area contributed by atoms with Crippen LogP contribution < -0.4 is 0 Å². The highest BCUT2D eigenvalue weighted by Crippen LogP contribution is 2.22. The Morgan fingerprint density at radius 3 is 2.53 bits per heavy atom. The van der Waals surface area contributed by atoms with Crippen molar-refractivity contribution >= 4 is 0 Å². The average Bonchev–Trinajstić information content (AvgIpc) is 2.79. The number of aryl methyl sites for hydroxylation is 1. The van der Waals surface area contributed by atoms with E-state index in [0.717, 1.165) is 11.3 Å². The number of pyridine rings is 1. The molecule has 0 aliphatic rings. The zero-order chi connectivity index (χ0) is 12.3. The van der Waals surface area contributed by atoms with Gasteiger partial charge in [-0.3, -0.25) is 10.1 Å². The summed E-state index contributed by atoms with van der Waals surface area (Å²) in [5.41, 5.74) is 2.03. The smallest absolute Gasteiger partial charge is 0.278 e. The summed E-state index contributed by atoms with van der Waals surface area (Å²) in [7, 11) is 0. The van der Waals surface area contributed by atoms with Gasteiger partial charge in [-0.1, -0.05) is 0 Å². The van der Waals surface area contributed by atoms with Crippen LogP contribution in [0.4, 0.5) is 13.2 Å². The van der Waals surface area contributed by atoms with Gasteiger partial charge in [0.05, 0.1) is 5.69 Å². The Balaban J connectivity index is 2.04. The second kappa shape index (κ2) is 4.57. The fourth-order valence-electron chi connectivity index (χ4n) is 1.42. The maximum absolute atomic E-state index is 12.0. The molecule has 6 heteroatoms. The molecule has 3 nitrogen and oxygen atoms in total. The lowest BCUT2D eigenvalue weighted by Gasteiger charge is -2.05. The minimum atomic E-state index is -4.14. The molecule has 0 unspecified atom stereocenters. The van der Waals surface area contributed by atoms with Crippen LogP contribution in [0.2, 0.25) is 0 Å². The predicted molar refractivity (Wildman–Crippen MR) is 56.2 cm³/mol. The number of nitrogens with zero attached hydrogens (tertiary/aromatic N) is 2. The van der Waals surface area contributed by atoms with Crippen molar-refractivity contribution in [3.8, 4) is 11.3 Å². The molecule has 2 aromatic rings. The monoisotopic (exact) mass is 241 g/mol. The van der Waals surface area contributed by atoms with E-state index in [-0.39, 0.29) is 6.42 Å². The molecule has 0 radical (unpaired) electrons. The van der Waals surface area contributed by atoms with Gasteiger partial charge in [0.25, 0.3) is 0 Å². The largest absolute Gasteiger partial charge is 0.389 e. The van der Waals surface area contributed by atoms with Crippen LogP contribution in [-0.4, -0.2) is 21.4 Å². The molecule has 90 valence electrons. The topological polar surface area (TPSA) is 41.6 Å². The van der Waals surface area contributed by atoms with Gasteiger partial charge in [-0.25, -0.2) is 0 Å². The summed E-state index contributed by atoms with van der Waals surface area (Å²) in [6, 6.07) is 5.10. The number of H-pyrrole nitrogens is 1. The van der Waals surface area contributed by atoms with Gasteiger partial charge in [-0.2, -0.15) is 18.3 Å². The molecule has 0 spiro atoms. The van der Waals surface area contributed by atoms with Crippen molar-refractivity contribution < 1.29 is 13.2 Å². The van der Waals surface area contributed by atoms with Crippen molar-refractivity contribution in [2.24, 2.45) is 0 Å². The molecule has 0 saturated heterocycles. The van der Waals surface area contributed by atoms with Gasteiger partial charge in [0, 0.05) is 30.1 Å². The lowest BCUT2D eigenvalue weighted by molar-refractivity contribution is -0.134. The molecular formula is C11H10F3N3. The molecule has 0 amide bonds. The van der Waals surface area contributed by atoms with E-state index in [1.807, 2.05) is 0 Å². The van der Waals surface area contributed by atoms with E-state index >= 15 is 0 Å². The van der Waals surface area contributed by atoms with Crippen LogP contribution >= 0.6 is 0 Å². The van der Waals surface area contributed by atoms with Gasteiger partial charge in [0.2, 0.25) is 0 Å². The summed E-state index contributed by atoms with van der Waals surface area (Å²) < 4.78 is 36.0. The van der Waals surface area contributed by atoms with Crippen LogP contribution in [0.5, 0.6) is 0 Å². The zero-order valence-electron chi connectivity index (χ0n) is 8.83. The van der Waals surface area contributed by atoms with E-state index in [1.54, 1.807) is 30.6 Å². The molecule has 2 rings (SSSR count). The Morgan fingerprint density at radius 1 is 1.18 bits per heavy atom. The number of aromatic amines is 1. The van der Waals surface area contributed by atoms with Crippen molar-refractivity contribution in [1.82, 2.24) is 15.2 Å². The highest BCUT2D eigenvalue weighted by atomic mass is 19.4. The SMILES string of the molecule is FC(F)(F)CCc1ccc(-c2ccn[nH]2)cn1. The minimum absolute atomic E-state index is 0.0905. The van der Waals surface area contributed by atoms with E-state index in [0.29, 0.717) is 5.69 Å². The molecule has 2 aromatic heterocycles. The van der Waals surface area contributed by atoms with Crippen LogP contribution in [-0.2, 0) is 6.42 Å². The molecule has 0 bridgehead atoms. The molecule has 0 saturated carbocycles. The average molecular weight is 241 g/mol. The third kappa shape index (κ3) is 3.30. The first-order valence-corrected chi connectivity index (χ1v) is 5.06. The van der Waals surface area contributed by atoms with Crippen LogP contribution in [0.3, 0.4) is 0 Å². The van der Waals surface area contributed by atoms with Gasteiger partial charge in [0.1, 0.15) is 0 Å². The van der Waals surface area contributed by atoms with Crippen molar-refractivity contribution in [2.45, 2.75) is 19.0 Å². The molecule has 0 atom stereocenters. The van der Waals surface area contributed by atoms with Crippen LogP contribution in [0.1, 0.15) is 12.1 Å². The summed E-state index contributed by atoms with van der Waals surface area (Å²) in [4.78, 5) is 3.99. The highest BCUT2D eigenvalue weighted by molar-refractivity contribution is 5.56. The molecule has 0 aromatic carbocycles.